The molecule has 2 rings (SSSR count). The Hall–Kier alpha value is -2.02. The van der Waals surface area contributed by atoms with Crippen LogP contribution in [0.15, 0.2) is 18.2 Å². The maximum atomic E-state index is 13.4. The van der Waals surface area contributed by atoms with Crippen molar-refractivity contribution >= 4 is 11.7 Å². The molecular weight excluding hydrogens is 279 g/mol. The number of nitrogens with zero attached hydrogens (tertiary/aromatic N) is 2. The van der Waals surface area contributed by atoms with E-state index in [4.69, 9.17) is 5.11 Å². The van der Waals surface area contributed by atoms with Crippen LogP contribution in [0, 0.1) is 15.9 Å². The minimum absolute atomic E-state index is 0.142. The molecule has 1 aromatic carbocycles. The zero-order valence-electron chi connectivity index (χ0n) is 11.5. The van der Waals surface area contributed by atoms with Crippen LogP contribution in [0.25, 0.3) is 0 Å². The number of benzene rings is 1. The van der Waals surface area contributed by atoms with E-state index in [1.807, 2.05) is 0 Å². The van der Waals surface area contributed by atoms with E-state index >= 15 is 0 Å². The van der Waals surface area contributed by atoms with Crippen molar-refractivity contribution in [3.05, 3.63) is 39.7 Å². The highest BCUT2D eigenvalue weighted by Crippen LogP contribution is 2.26. The van der Waals surface area contributed by atoms with Crippen molar-refractivity contribution in [2.45, 2.75) is 38.3 Å². The Kier molecular flexibility index (Phi) is 4.85. The molecule has 0 aliphatic heterocycles. The summed E-state index contributed by atoms with van der Waals surface area (Å²) in [5.41, 5.74) is 0.113. The second-order valence-electron chi connectivity index (χ2n) is 5.31. The molecule has 7 heteroatoms. The molecule has 1 aromatic rings. The van der Waals surface area contributed by atoms with Crippen molar-refractivity contribution in [2.24, 2.45) is 0 Å². The van der Waals surface area contributed by atoms with Gasteiger partial charge in [-0.3, -0.25) is 19.8 Å². The fourth-order valence-electron chi connectivity index (χ4n) is 2.82. The van der Waals surface area contributed by atoms with Gasteiger partial charge in [-0.2, -0.15) is 0 Å². The number of hydrogen-bond acceptors (Lipinski definition) is 4. The number of rotatable bonds is 6. The van der Waals surface area contributed by atoms with Crippen LogP contribution in [-0.2, 0) is 11.3 Å². The number of non-ortho nitro benzene ring substituents is 1. The molecule has 1 fully saturated rings. The van der Waals surface area contributed by atoms with E-state index in [1.165, 1.54) is 12.1 Å². The molecule has 1 aliphatic rings. The first-order chi connectivity index (χ1) is 9.95. The highest BCUT2D eigenvalue weighted by Gasteiger charge is 2.25. The normalized spacial score (nSPS) is 15.5. The number of aliphatic carboxylic acids is 1. The van der Waals surface area contributed by atoms with Crippen molar-refractivity contribution in [2.75, 3.05) is 6.54 Å². The number of carboxylic acid groups (broad SMARTS) is 1. The Morgan fingerprint density at radius 3 is 2.62 bits per heavy atom. The minimum Gasteiger partial charge on any atom is -0.480 e. The highest BCUT2D eigenvalue weighted by molar-refractivity contribution is 5.69. The van der Waals surface area contributed by atoms with Gasteiger partial charge in [0, 0.05) is 18.7 Å². The van der Waals surface area contributed by atoms with Gasteiger partial charge in [-0.15, -0.1) is 0 Å². The van der Waals surface area contributed by atoms with Crippen molar-refractivity contribution in [3.63, 3.8) is 0 Å². The topological polar surface area (TPSA) is 83.7 Å². The molecule has 6 nitrogen and oxygen atoms in total. The smallest absolute Gasteiger partial charge is 0.317 e. The van der Waals surface area contributed by atoms with Crippen LogP contribution in [0.2, 0.25) is 0 Å². The van der Waals surface area contributed by atoms with Gasteiger partial charge in [0.1, 0.15) is 5.82 Å². The fraction of sp³-hybridized carbons (Fsp3) is 0.500. The molecule has 0 heterocycles. The summed E-state index contributed by atoms with van der Waals surface area (Å²) in [7, 11) is 0. The van der Waals surface area contributed by atoms with E-state index in [-0.39, 0.29) is 24.8 Å². The monoisotopic (exact) mass is 296 g/mol. The van der Waals surface area contributed by atoms with Gasteiger partial charge in [0.25, 0.3) is 5.69 Å². The second-order valence-corrected chi connectivity index (χ2v) is 5.31. The summed E-state index contributed by atoms with van der Waals surface area (Å²) in [6.45, 7) is 0.0601. The molecule has 0 saturated heterocycles. The van der Waals surface area contributed by atoms with Crippen LogP contribution in [-0.4, -0.2) is 33.5 Å². The summed E-state index contributed by atoms with van der Waals surface area (Å²) >= 11 is 0. The molecule has 114 valence electrons. The van der Waals surface area contributed by atoms with Crippen molar-refractivity contribution in [3.8, 4) is 0 Å². The van der Waals surface area contributed by atoms with Gasteiger partial charge in [-0.05, 0) is 24.5 Å². The van der Waals surface area contributed by atoms with Crippen LogP contribution in [0.1, 0.15) is 31.2 Å². The fourth-order valence-corrected chi connectivity index (χ4v) is 2.82. The summed E-state index contributed by atoms with van der Waals surface area (Å²) in [4.78, 5) is 22.8. The van der Waals surface area contributed by atoms with Gasteiger partial charge in [0.05, 0.1) is 17.5 Å². The average Bonchev–Trinajstić information content (AvgIpc) is 2.90. The van der Waals surface area contributed by atoms with Crippen molar-refractivity contribution < 1.29 is 19.2 Å². The molecule has 0 spiro atoms. The van der Waals surface area contributed by atoms with Crippen LogP contribution in [0.5, 0.6) is 0 Å². The first-order valence-corrected chi connectivity index (χ1v) is 6.85. The Bertz CT molecular complexity index is 544. The van der Waals surface area contributed by atoms with E-state index in [0.29, 0.717) is 5.56 Å². The molecule has 1 N–H and O–H groups in total. The van der Waals surface area contributed by atoms with Gasteiger partial charge >= 0.3 is 5.97 Å². The first-order valence-electron chi connectivity index (χ1n) is 6.85. The molecule has 1 aliphatic carbocycles. The Balaban J connectivity index is 2.18. The molecule has 0 radical (unpaired) electrons. The van der Waals surface area contributed by atoms with Crippen molar-refractivity contribution in [1.82, 2.24) is 4.90 Å². The van der Waals surface area contributed by atoms with Gasteiger partial charge in [0.15, 0.2) is 0 Å². The summed E-state index contributed by atoms with van der Waals surface area (Å²) in [5, 5.41) is 19.8. The Labute approximate surface area is 121 Å². The van der Waals surface area contributed by atoms with E-state index in [9.17, 15) is 19.3 Å². The number of carboxylic acids is 1. The number of halogens is 1. The molecule has 0 atom stereocenters. The van der Waals surface area contributed by atoms with E-state index in [2.05, 4.69) is 0 Å². The summed E-state index contributed by atoms with van der Waals surface area (Å²) < 4.78 is 13.4. The Morgan fingerprint density at radius 2 is 2.05 bits per heavy atom. The lowest BCUT2D eigenvalue weighted by Crippen LogP contribution is -2.37. The maximum Gasteiger partial charge on any atom is 0.317 e. The number of nitro benzene ring substituents is 1. The molecule has 0 unspecified atom stereocenters. The van der Waals surface area contributed by atoms with E-state index in [0.717, 1.165) is 31.7 Å². The van der Waals surface area contributed by atoms with Crippen molar-refractivity contribution in [1.29, 1.82) is 0 Å². The van der Waals surface area contributed by atoms with Gasteiger partial charge in [-0.25, -0.2) is 4.39 Å². The third-order valence-electron chi connectivity index (χ3n) is 3.72. The summed E-state index contributed by atoms with van der Waals surface area (Å²) in [6.07, 6.45) is 3.91. The van der Waals surface area contributed by atoms with Gasteiger partial charge in [-0.1, -0.05) is 12.8 Å². The number of hydrogen-bond donors (Lipinski definition) is 1. The standard InChI is InChI=1S/C14H17FN2O4/c15-11-5-10(6-13(7-11)17(20)21)8-16(9-14(18)19)12-3-1-2-4-12/h5-7,12H,1-4,8-9H2,(H,18,19). The lowest BCUT2D eigenvalue weighted by molar-refractivity contribution is -0.385. The number of carbonyl (C=O) groups is 1. The maximum absolute atomic E-state index is 13.4. The largest absolute Gasteiger partial charge is 0.480 e. The molecule has 1 saturated carbocycles. The Morgan fingerprint density at radius 1 is 1.38 bits per heavy atom. The average molecular weight is 296 g/mol. The van der Waals surface area contributed by atoms with Gasteiger partial charge in [0.2, 0.25) is 0 Å². The lowest BCUT2D eigenvalue weighted by atomic mass is 10.1. The van der Waals surface area contributed by atoms with Crippen LogP contribution in [0.3, 0.4) is 0 Å². The third kappa shape index (κ3) is 4.22. The van der Waals surface area contributed by atoms with Crippen LogP contribution >= 0.6 is 0 Å². The SMILES string of the molecule is O=C(O)CN(Cc1cc(F)cc([N+](=O)[O-])c1)C1CCCC1. The van der Waals surface area contributed by atoms with E-state index in [1.54, 1.807) is 4.90 Å². The first kappa shape index (κ1) is 15.4. The van der Waals surface area contributed by atoms with Gasteiger partial charge < -0.3 is 5.11 Å². The minimum atomic E-state index is -0.951. The molecule has 21 heavy (non-hydrogen) atoms. The molecular formula is C14H17FN2O4. The predicted octanol–water partition coefficient (Wildman–Crippen LogP) is 2.56. The summed E-state index contributed by atoms with van der Waals surface area (Å²) in [6, 6.07) is 3.52. The zero-order chi connectivity index (χ0) is 15.4. The third-order valence-corrected chi connectivity index (χ3v) is 3.72. The number of nitro groups is 1. The quantitative estimate of drug-likeness (QED) is 0.644. The van der Waals surface area contributed by atoms with Crippen LogP contribution < -0.4 is 0 Å². The lowest BCUT2D eigenvalue weighted by Gasteiger charge is -2.27. The summed E-state index contributed by atoms with van der Waals surface area (Å²) in [5.74, 6) is -1.63. The molecule has 0 amide bonds. The second kappa shape index (κ2) is 6.62. The zero-order valence-corrected chi connectivity index (χ0v) is 11.5. The highest BCUT2D eigenvalue weighted by atomic mass is 19.1. The predicted molar refractivity (Wildman–Crippen MR) is 73.4 cm³/mol. The van der Waals surface area contributed by atoms with E-state index < -0.39 is 16.7 Å². The van der Waals surface area contributed by atoms with Crippen LogP contribution in [0.4, 0.5) is 10.1 Å². The molecule has 0 aromatic heterocycles. The molecule has 0 bridgehead atoms.